The van der Waals surface area contributed by atoms with E-state index < -0.39 is 0 Å². The van der Waals surface area contributed by atoms with Gasteiger partial charge in [-0.25, -0.2) is 0 Å². The van der Waals surface area contributed by atoms with Crippen molar-refractivity contribution >= 4 is 39.4 Å². The molecular weight excluding hydrogens is 313 g/mol. The Morgan fingerprint density at radius 2 is 0.550 bits per heavy atom. The number of nitrogens with zero attached hydrogens (tertiary/aromatic N) is 4. The van der Waals surface area contributed by atoms with E-state index in [4.69, 9.17) is 0 Å². The average molecular weight is 341 g/mol. The van der Waals surface area contributed by atoms with E-state index in [1.165, 1.54) is 0 Å². The van der Waals surface area contributed by atoms with Crippen LogP contribution >= 0.6 is 0 Å². The van der Waals surface area contributed by atoms with Gasteiger partial charge in [0.1, 0.15) is 0 Å². The molecule has 0 bridgehead atoms. The van der Waals surface area contributed by atoms with E-state index in [0.717, 1.165) is 39.4 Å². The normalized spacial score (nSPS) is 22.2. The van der Waals surface area contributed by atoms with E-state index in [1.807, 2.05) is 0 Å². The highest BCUT2D eigenvalue weighted by Crippen LogP contribution is 2.10. The summed E-state index contributed by atoms with van der Waals surface area (Å²) in [5.41, 5.74) is 0. The minimum atomic E-state index is 0.620. The summed E-state index contributed by atoms with van der Waals surface area (Å²) in [4.78, 5) is 0. The molecule has 1 rings (SSSR count). The Morgan fingerprint density at radius 3 is 0.650 bits per heavy atom. The van der Waals surface area contributed by atoms with Crippen molar-refractivity contribution in [1.29, 1.82) is 0 Å². The summed E-state index contributed by atoms with van der Waals surface area (Å²) < 4.78 is 10.6. The van der Waals surface area contributed by atoms with E-state index in [1.54, 1.807) is 0 Å². The molecule has 0 N–H and O–H groups in total. The van der Waals surface area contributed by atoms with Gasteiger partial charge in [-0.1, -0.05) is 55.4 Å². The van der Waals surface area contributed by atoms with E-state index >= 15 is 0 Å². The third-order valence-electron chi connectivity index (χ3n) is 2.93. The van der Waals surface area contributed by atoms with Gasteiger partial charge in [0.15, 0.2) is 0 Å². The van der Waals surface area contributed by atoms with Crippen LogP contribution in [0.2, 0.25) is 0 Å². The molecule has 0 spiro atoms. The third kappa shape index (κ3) is 5.48. The third-order valence-corrected chi connectivity index (χ3v) is 11.2. The summed E-state index contributed by atoms with van der Waals surface area (Å²) in [6.07, 6.45) is 0. The van der Waals surface area contributed by atoms with Crippen LogP contribution in [0.25, 0.3) is 0 Å². The minimum absolute atomic E-state index is 0.620. The van der Waals surface area contributed by atoms with Crippen LogP contribution in [-0.2, 0) is 0 Å². The maximum atomic E-state index is 2.65. The zero-order valence-corrected chi connectivity index (χ0v) is 18.1. The first kappa shape index (κ1) is 18.8. The van der Waals surface area contributed by atoms with E-state index in [-0.39, 0.29) is 0 Å². The first-order chi connectivity index (χ1) is 9.22. The summed E-state index contributed by atoms with van der Waals surface area (Å²) in [6, 6.07) is 2.48. The van der Waals surface area contributed by atoms with E-state index in [0.29, 0.717) is 24.2 Å². The molecule has 20 heavy (non-hydrogen) atoms. The molecule has 8 radical (unpaired) electrons. The van der Waals surface area contributed by atoms with Crippen LogP contribution in [0.1, 0.15) is 55.4 Å². The maximum absolute atomic E-state index is 2.65. The second kappa shape index (κ2) is 8.37. The fourth-order valence-corrected chi connectivity index (χ4v) is 8.75. The molecule has 0 amide bonds. The molecule has 1 fully saturated rings. The lowest BCUT2D eigenvalue weighted by molar-refractivity contribution is 0.384. The van der Waals surface area contributed by atoms with Gasteiger partial charge in [0.25, 0.3) is 0 Å². The van der Waals surface area contributed by atoms with Crippen LogP contribution in [0.15, 0.2) is 0 Å². The largest absolute Gasteiger partial charge is 0.321 e. The molecule has 112 valence electrons. The maximum Gasteiger partial charge on any atom is 0.238 e. The average Bonchev–Trinajstić information content (AvgIpc) is 2.26. The summed E-state index contributed by atoms with van der Waals surface area (Å²) in [5.74, 6) is 0. The fourth-order valence-electron chi connectivity index (χ4n) is 1.48. The Hall–Kier alpha value is 0.708. The SMILES string of the molecule is CC(C)N1[Si]N(C(C)C)[Si]N(C(C)C)[Si]N(C(C)C)[Si]1. The number of hydrogen-bond acceptors (Lipinski definition) is 4. The zero-order chi connectivity index (χ0) is 15.4. The van der Waals surface area contributed by atoms with Gasteiger partial charge in [-0.15, -0.1) is 0 Å². The molecule has 1 aliphatic heterocycles. The molecule has 0 aromatic rings. The Bertz CT molecular complexity index is 225. The zero-order valence-electron chi connectivity index (χ0n) is 14.1. The van der Waals surface area contributed by atoms with Gasteiger partial charge in [-0.3, -0.25) is 0 Å². The van der Waals surface area contributed by atoms with Gasteiger partial charge < -0.3 is 16.9 Å². The Morgan fingerprint density at radius 1 is 0.400 bits per heavy atom. The second-order valence-corrected chi connectivity index (χ2v) is 12.7. The Labute approximate surface area is 136 Å². The quantitative estimate of drug-likeness (QED) is 0.707. The van der Waals surface area contributed by atoms with Gasteiger partial charge >= 0.3 is 0 Å². The smallest absolute Gasteiger partial charge is 0.238 e. The summed E-state index contributed by atoms with van der Waals surface area (Å²) >= 11 is 0. The molecule has 0 unspecified atom stereocenters. The topological polar surface area (TPSA) is 13.0 Å². The van der Waals surface area contributed by atoms with Crippen molar-refractivity contribution in [2.75, 3.05) is 0 Å². The van der Waals surface area contributed by atoms with Gasteiger partial charge in [0.2, 0.25) is 39.4 Å². The molecule has 4 nitrogen and oxygen atoms in total. The van der Waals surface area contributed by atoms with E-state index in [9.17, 15) is 0 Å². The first-order valence-electron chi connectivity index (χ1n) is 7.44. The van der Waals surface area contributed by atoms with Crippen LogP contribution in [0.3, 0.4) is 0 Å². The van der Waals surface area contributed by atoms with Crippen LogP contribution in [-0.4, -0.2) is 80.5 Å². The van der Waals surface area contributed by atoms with Gasteiger partial charge in [-0.05, 0) is 24.2 Å². The van der Waals surface area contributed by atoms with Crippen molar-refractivity contribution in [2.24, 2.45) is 0 Å². The van der Waals surface area contributed by atoms with Gasteiger partial charge in [0.05, 0.1) is 0 Å². The van der Waals surface area contributed by atoms with Crippen molar-refractivity contribution in [3.05, 3.63) is 0 Å². The lowest BCUT2D eigenvalue weighted by atomic mass is 10.4. The lowest BCUT2D eigenvalue weighted by Crippen LogP contribution is -2.65. The van der Waals surface area contributed by atoms with Gasteiger partial charge in [0, 0.05) is 0 Å². The molecule has 0 atom stereocenters. The molecule has 1 heterocycles. The van der Waals surface area contributed by atoms with Crippen molar-refractivity contribution in [2.45, 2.75) is 79.6 Å². The molecule has 0 aromatic carbocycles. The fraction of sp³-hybridized carbons (Fsp3) is 1.00. The molecular formula is C12H28N4Si4. The van der Waals surface area contributed by atoms with Gasteiger partial charge in [-0.2, -0.15) is 0 Å². The first-order valence-corrected chi connectivity index (χ1v) is 11.0. The molecule has 0 aliphatic carbocycles. The predicted octanol–water partition coefficient (Wildman–Crippen LogP) is 0.978. The monoisotopic (exact) mass is 340 g/mol. The number of rotatable bonds is 4. The van der Waals surface area contributed by atoms with E-state index in [2.05, 4.69) is 72.3 Å². The van der Waals surface area contributed by atoms with Crippen molar-refractivity contribution in [1.82, 2.24) is 16.9 Å². The highest BCUT2D eigenvalue weighted by molar-refractivity contribution is 6.65. The van der Waals surface area contributed by atoms with Crippen LogP contribution in [0, 0.1) is 0 Å². The molecule has 8 heteroatoms. The molecule has 1 aliphatic rings. The lowest BCUT2D eigenvalue weighted by Gasteiger charge is -2.44. The van der Waals surface area contributed by atoms with Crippen LogP contribution in [0.4, 0.5) is 0 Å². The Kier molecular flexibility index (Phi) is 7.85. The molecule has 0 aromatic heterocycles. The Balaban J connectivity index is 2.90. The summed E-state index contributed by atoms with van der Waals surface area (Å²) in [7, 11) is 3.21. The molecule has 0 saturated carbocycles. The predicted molar refractivity (Wildman–Crippen MR) is 90.9 cm³/mol. The van der Waals surface area contributed by atoms with Crippen molar-refractivity contribution in [3.63, 3.8) is 0 Å². The van der Waals surface area contributed by atoms with Crippen molar-refractivity contribution in [3.8, 4) is 0 Å². The number of hydrogen-bond donors (Lipinski definition) is 0. The summed E-state index contributed by atoms with van der Waals surface area (Å²) in [5, 5.41) is 0. The second-order valence-electron chi connectivity index (χ2n) is 6.26. The molecule has 1 saturated heterocycles. The highest BCUT2D eigenvalue weighted by Gasteiger charge is 2.32. The standard InChI is InChI=1S/C12H28N4Si4/c1-9(2)13-17-14(10(3)4)19-16(12(7)8)20-15(18-13)11(5)6/h9-12H,1-8H3. The van der Waals surface area contributed by atoms with Crippen molar-refractivity contribution < 1.29 is 0 Å². The summed E-state index contributed by atoms with van der Waals surface area (Å²) in [6.45, 7) is 18.6. The highest BCUT2D eigenvalue weighted by atomic mass is 28.4. The minimum Gasteiger partial charge on any atom is -0.321 e. The van der Waals surface area contributed by atoms with Crippen LogP contribution < -0.4 is 0 Å². The van der Waals surface area contributed by atoms with Crippen LogP contribution in [0.5, 0.6) is 0 Å².